The van der Waals surface area contributed by atoms with Gasteiger partial charge in [0.15, 0.2) is 0 Å². The molecule has 2 rings (SSSR count). The maximum absolute atomic E-state index is 11.1. The van der Waals surface area contributed by atoms with E-state index in [4.69, 9.17) is 0 Å². The minimum Gasteiger partial charge on any atom is -0.370 e. The van der Waals surface area contributed by atoms with Gasteiger partial charge in [-0.1, -0.05) is 32.1 Å². The molecule has 0 aliphatic rings. The lowest BCUT2D eigenvalue weighted by molar-refractivity contribution is 0.773. The fourth-order valence-electron chi connectivity index (χ4n) is 1.74. The molecule has 2 aromatic rings. The molecule has 0 amide bonds. The van der Waals surface area contributed by atoms with E-state index < -0.39 is 0 Å². The molecule has 0 spiro atoms. The van der Waals surface area contributed by atoms with Crippen LogP contribution in [0.25, 0.3) is 0 Å². The Balaban J connectivity index is 2.12. The van der Waals surface area contributed by atoms with Gasteiger partial charge in [0.25, 0.3) is 0 Å². The van der Waals surface area contributed by atoms with Gasteiger partial charge < -0.3 is 15.6 Å². The van der Waals surface area contributed by atoms with Gasteiger partial charge in [-0.05, 0) is 6.42 Å². The van der Waals surface area contributed by atoms with Crippen LogP contribution in [0.5, 0.6) is 0 Å². The van der Waals surface area contributed by atoms with Crippen LogP contribution in [0.1, 0.15) is 44.6 Å². The van der Waals surface area contributed by atoms with Gasteiger partial charge in [0, 0.05) is 29.6 Å². The van der Waals surface area contributed by atoms with Gasteiger partial charge in [-0.15, -0.1) is 0 Å². The first-order valence-corrected chi connectivity index (χ1v) is 8.00. The van der Waals surface area contributed by atoms with E-state index in [-0.39, 0.29) is 10.8 Å². The predicted molar refractivity (Wildman–Crippen MR) is 87.2 cm³/mol. The Bertz CT molecular complexity index is 634. The summed E-state index contributed by atoms with van der Waals surface area (Å²) in [6.45, 7) is 7.67. The quantitative estimate of drug-likeness (QED) is 0.732. The number of thiazole rings is 1. The molecule has 0 aliphatic heterocycles. The van der Waals surface area contributed by atoms with E-state index in [1.165, 1.54) is 11.3 Å². The third-order valence-electron chi connectivity index (χ3n) is 2.85. The van der Waals surface area contributed by atoms with Crippen molar-refractivity contribution in [2.45, 2.75) is 39.7 Å². The first-order chi connectivity index (χ1) is 10.1. The summed E-state index contributed by atoms with van der Waals surface area (Å²) < 4.78 is 0. The molecule has 3 N–H and O–H groups in total. The van der Waals surface area contributed by atoms with Gasteiger partial charge in [0.1, 0.15) is 17.5 Å². The largest absolute Gasteiger partial charge is 0.370 e. The molecule has 0 aromatic carbocycles. The molecular formula is C14H21N5OS. The predicted octanol–water partition coefficient (Wildman–Crippen LogP) is 2.78. The average Bonchev–Trinajstić information content (AvgIpc) is 2.88. The average molecular weight is 307 g/mol. The van der Waals surface area contributed by atoms with Crippen LogP contribution < -0.4 is 15.5 Å². The molecule has 0 saturated heterocycles. The monoisotopic (exact) mass is 307 g/mol. The topological polar surface area (TPSA) is 82.7 Å². The van der Waals surface area contributed by atoms with Crippen LogP contribution in [0.2, 0.25) is 0 Å². The van der Waals surface area contributed by atoms with Crippen LogP contribution >= 0.6 is 11.3 Å². The Kier molecular flexibility index (Phi) is 5.32. The summed E-state index contributed by atoms with van der Waals surface area (Å²) in [5.74, 6) is 2.66. The molecule has 6 nitrogen and oxygen atoms in total. The molecule has 0 radical (unpaired) electrons. The molecule has 7 heteroatoms. The lowest BCUT2D eigenvalue weighted by Crippen LogP contribution is -2.10. The highest BCUT2D eigenvalue weighted by Gasteiger charge is 2.08. The molecule has 2 heterocycles. The second-order valence-corrected chi connectivity index (χ2v) is 5.95. The summed E-state index contributed by atoms with van der Waals surface area (Å²) >= 11 is 1.17. The zero-order valence-corrected chi connectivity index (χ0v) is 13.4. The minimum absolute atomic E-state index is 0.0392. The molecule has 0 unspecified atom stereocenters. The summed E-state index contributed by atoms with van der Waals surface area (Å²) in [6, 6.07) is 1.89. The first kappa shape index (κ1) is 15.5. The Morgan fingerprint density at radius 2 is 2.00 bits per heavy atom. The summed E-state index contributed by atoms with van der Waals surface area (Å²) in [5.41, 5.74) is 0.859. The Labute approximate surface area is 128 Å². The Hall–Kier alpha value is -1.89. The van der Waals surface area contributed by atoms with E-state index in [9.17, 15) is 4.79 Å². The number of aromatic nitrogens is 3. The van der Waals surface area contributed by atoms with Crippen LogP contribution in [-0.4, -0.2) is 21.5 Å². The van der Waals surface area contributed by atoms with Gasteiger partial charge in [0.05, 0.1) is 6.54 Å². The van der Waals surface area contributed by atoms with Crippen molar-refractivity contribution >= 4 is 23.0 Å². The van der Waals surface area contributed by atoms with Crippen LogP contribution in [0.15, 0.2) is 16.2 Å². The van der Waals surface area contributed by atoms with E-state index >= 15 is 0 Å². The number of rotatable bonds is 7. The zero-order chi connectivity index (χ0) is 15.2. The van der Waals surface area contributed by atoms with Crippen LogP contribution in [0, 0.1) is 0 Å². The van der Waals surface area contributed by atoms with Crippen molar-refractivity contribution in [1.82, 2.24) is 15.0 Å². The highest BCUT2D eigenvalue weighted by molar-refractivity contribution is 7.07. The number of hydrogen-bond acceptors (Lipinski definition) is 6. The number of hydrogen-bond donors (Lipinski definition) is 3. The molecule has 0 aliphatic carbocycles. The molecule has 21 heavy (non-hydrogen) atoms. The highest BCUT2D eigenvalue weighted by atomic mass is 32.1. The fraction of sp³-hybridized carbons (Fsp3) is 0.500. The smallest absolute Gasteiger partial charge is 0.304 e. The van der Waals surface area contributed by atoms with Crippen molar-refractivity contribution in [1.29, 1.82) is 0 Å². The third kappa shape index (κ3) is 4.56. The van der Waals surface area contributed by atoms with Gasteiger partial charge in [0.2, 0.25) is 0 Å². The molecule has 0 atom stereocenters. The number of nitrogens with one attached hydrogen (secondary N) is 3. The summed E-state index contributed by atoms with van der Waals surface area (Å²) in [6.07, 6.45) is 1.04. The molecule has 0 saturated carbocycles. The van der Waals surface area contributed by atoms with Gasteiger partial charge in [-0.25, -0.2) is 9.97 Å². The zero-order valence-electron chi connectivity index (χ0n) is 12.6. The van der Waals surface area contributed by atoms with E-state index in [1.807, 2.05) is 11.4 Å². The second kappa shape index (κ2) is 7.21. The van der Waals surface area contributed by atoms with Gasteiger partial charge in [-0.3, -0.25) is 4.79 Å². The van der Waals surface area contributed by atoms with Crippen molar-refractivity contribution in [3.8, 4) is 0 Å². The van der Waals surface area contributed by atoms with E-state index in [0.717, 1.165) is 36.1 Å². The summed E-state index contributed by atoms with van der Waals surface area (Å²) in [7, 11) is 0. The minimum atomic E-state index is -0.0392. The second-order valence-electron chi connectivity index (χ2n) is 5.11. The van der Waals surface area contributed by atoms with Crippen molar-refractivity contribution in [3.05, 3.63) is 32.6 Å². The molecule has 2 aromatic heterocycles. The molecule has 0 fully saturated rings. The van der Waals surface area contributed by atoms with Crippen molar-refractivity contribution in [2.75, 3.05) is 17.2 Å². The highest BCUT2D eigenvalue weighted by Crippen LogP contribution is 2.17. The number of nitrogens with zero attached hydrogens (tertiary/aromatic N) is 2. The molecular weight excluding hydrogens is 286 g/mol. The van der Waals surface area contributed by atoms with Crippen molar-refractivity contribution in [3.63, 3.8) is 0 Å². The van der Waals surface area contributed by atoms with E-state index in [2.05, 4.69) is 46.4 Å². The fourth-order valence-corrected chi connectivity index (χ4v) is 2.33. The first-order valence-electron chi connectivity index (χ1n) is 7.12. The molecule has 0 bridgehead atoms. The van der Waals surface area contributed by atoms with Gasteiger partial charge >= 0.3 is 4.87 Å². The summed E-state index contributed by atoms with van der Waals surface area (Å²) in [4.78, 5) is 22.9. The van der Waals surface area contributed by atoms with Gasteiger partial charge in [-0.2, -0.15) is 0 Å². The van der Waals surface area contributed by atoms with Crippen LogP contribution in [-0.2, 0) is 6.54 Å². The number of aromatic amines is 1. The lowest BCUT2D eigenvalue weighted by atomic mass is 10.2. The maximum Gasteiger partial charge on any atom is 0.304 e. The van der Waals surface area contributed by atoms with E-state index in [1.54, 1.807) is 0 Å². The summed E-state index contributed by atoms with van der Waals surface area (Å²) in [5, 5.41) is 8.33. The van der Waals surface area contributed by atoms with Crippen molar-refractivity contribution < 1.29 is 0 Å². The number of H-pyrrole nitrogens is 1. The lowest BCUT2D eigenvalue weighted by Gasteiger charge is -2.12. The maximum atomic E-state index is 11.1. The van der Waals surface area contributed by atoms with Crippen molar-refractivity contribution in [2.24, 2.45) is 0 Å². The Morgan fingerprint density at radius 3 is 2.57 bits per heavy atom. The van der Waals surface area contributed by atoms with E-state index in [0.29, 0.717) is 6.54 Å². The normalized spacial score (nSPS) is 10.9. The number of anilines is 2. The van der Waals surface area contributed by atoms with Crippen LogP contribution in [0.4, 0.5) is 11.6 Å². The third-order valence-corrected chi connectivity index (χ3v) is 3.57. The molecule has 114 valence electrons. The standard InChI is InChI=1S/C14H21N5OS/c1-4-5-15-11-6-12(19-13(18-11)9(2)3)16-7-10-8-21-14(20)17-10/h6,8-9H,4-5,7H2,1-3H3,(H,17,20)(H2,15,16,18,19). The van der Waals surface area contributed by atoms with Crippen LogP contribution in [0.3, 0.4) is 0 Å². The SMILES string of the molecule is CCCNc1cc(NCc2csc(=O)[nH]2)nc(C(C)C)n1. The Morgan fingerprint density at radius 1 is 1.29 bits per heavy atom.